The average molecular weight is 467 g/mol. The summed E-state index contributed by atoms with van der Waals surface area (Å²) in [6, 6.07) is 19.8. The summed E-state index contributed by atoms with van der Waals surface area (Å²) in [5.41, 5.74) is 6.11. The van der Waals surface area contributed by atoms with Crippen LogP contribution in [0.4, 0.5) is 0 Å². The zero-order valence-electron chi connectivity index (χ0n) is 20.7. The van der Waals surface area contributed by atoms with Crippen LogP contribution in [0.25, 0.3) is 21.8 Å². The first-order chi connectivity index (χ1) is 16.9. The molecule has 0 aliphatic rings. The van der Waals surface area contributed by atoms with E-state index in [9.17, 15) is 9.59 Å². The van der Waals surface area contributed by atoms with E-state index in [1.807, 2.05) is 68.5 Å². The highest BCUT2D eigenvalue weighted by atomic mass is 16.7. The minimum absolute atomic E-state index is 0.0158. The Hall–Kier alpha value is -3.99. The molecule has 0 atom stereocenters. The fraction of sp³-hybridized carbons (Fsp3) is 0.233. The molecule has 0 bridgehead atoms. The Morgan fingerprint density at radius 1 is 0.971 bits per heavy atom. The maximum Gasteiger partial charge on any atom is 0.331 e. The van der Waals surface area contributed by atoms with E-state index in [0.29, 0.717) is 23.3 Å². The lowest BCUT2D eigenvalue weighted by molar-refractivity contribution is -0.140. The van der Waals surface area contributed by atoms with E-state index in [0.717, 1.165) is 45.9 Å². The van der Waals surface area contributed by atoms with Gasteiger partial charge in [0.05, 0.1) is 5.71 Å². The van der Waals surface area contributed by atoms with Gasteiger partial charge in [-0.1, -0.05) is 47.6 Å². The molecule has 0 saturated carbocycles. The van der Waals surface area contributed by atoms with Crippen molar-refractivity contribution in [2.24, 2.45) is 5.16 Å². The summed E-state index contributed by atoms with van der Waals surface area (Å²) in [7, 11) is 0. The van der Waals surface area contributed by atoms with Crippen molar-refractivity contribution in [3.05, 3.63) is 95.1 Å². The number of aromatic nitrogens is 1. The molecule has 4 aromatic rings. The van der Waals surface area contributed by atoms with E-state index in [1.54, 1.807) is 0 Å². The highest BCUT2D eigenvalue weighted by molar-refractivity contribution is 6.16. The average Bonchev–Trinajstić information content (AvgIpc) is 3.18. The Labute approximate surface area is 205 Å². The summed E-state index contributed by atoms with van der Waals surface area (Å²) in [6.07, 6.45) is 5.50. The normalized spacial score (nSPS) is 12.1. The maximum atomic E-state index is 13.3. The number of nitrogens with zero attached hydrogens (tertiary/aromatic N) is 2. The molecule has 0 fully saturated rings. The SMILES string of the molecule is CC=CCCC(=NOC(C)=O)c1ccc2c(c1)c1cc(C(=O)c3ccccc3C)ccc1n2CC. The van der Waals surface area contributed by atoms with E-state index in [2.05, 4.69) is 34.9 Å². The second-order valence-corrected chi connectivity index (χ2v) is 8.58. The monoisotopic (exact) mass is 466 g/mol. The Kier molecular flexibility index (Phi) is 7.25. The van der Waals surface area contributed by atoms with Gasteiger partial charge in [0.2, 0.25) is 0 Å². The van der Waals surface area contributed by atoms with E-state index in [-0.39, 0.29) is 5.78 Å². The lowest BCUT2D eigenvalue weighted by Gasteiger charge is -2.07. The molecule has 0 saturated heterocycles. The Morgan fingerprint density at radius 2 is 1.63 bits per heavy atom. The molecule has 178 valence electrons. The van der Waals surface area contributed by atoms with E-state index in [4.69, 9.17) is 4.84 Å². The molecule has 0 radical (unpaired) electrons. The van der Waals surface area contributed by atoms with Crippen LogP contribution in [0.15, 0.2) is 78.0 Å². The van der Waals surface area contributed by atoms with Crippen LogP contribution in [0.5, 0.6) is 0 Å². The molecule has 35 heavy (non-hydrogen) atoms. The molecule has 0 aliphatic carbocycles. The number of fused-ring (bicyclic) bond motifs is 3. The van der Waals surface area contributed by atoms with Gasteiger partial charge in [0, 0.05) is 52.0 Å². The third-order valence-electron chi connectivity index (χ3n) is 6.23. The number of carbonyl (C=O) groups is 2. The van der Waals surface area contributed by atoms with Crippen LogP contribution in [-0.4, -0.2) is 22.0 Å². The number of aryl methyl sites for hydroxylation is 2. The summed E-state index contributed by atoms with van der Waals surface area (Å²) in [5, 5.41) is 6.21. The van der Waals surface area contributed by atoms with Crippen molar-refractivity contribution >= 4 is 39.3 Å². The zero-order chi connectivity index (χ0) is 24.9. The molecule has 1 aromatic heterocycles. The molecule has 0 N–H and O–H groups in total. The van der Waals surface area contributed by atoms with Crippen LogP contribution < -0.4 is 0 Å². The van der Waals surface area contributed by atoms with E-state index < -0.39 is 5.97 Å². The molecule has 5 nitrogen and oxygen atoms in total. The van der Waals surface area contributed by atoms with Gasteiger partial charge < -0.3 is 9.40 Å². The van der Waals surface area contributed by atoms with Crippen LogP contribution in [-0.2, 0) is 16.2 Å². The fourth-order valence-corrected chi connectivity index (χ4v) is 4.50. The van der Waals surface area contributed by atoms with Crippen molar-refractivity contribution < 1.29 is 14.4 Å². The predicted molar refractivity (Wildman–Crippen MR) is 142 cm³/mol. The van der Waals surface area contributed by atoms with Gasteiger partial charge >= 0.3 is 5.97 Å². The molecule has 0 amide bonds. The number of rotatable bonds is 8. The predicted octanol–water partition coefficient (Wildman–Crippen LogP) is 6.98. The third-order valence-corrected chi connectivity index (χ3v) is 6.23. The number of oxime groups is 1. The van der Waals surface area contributed by atoms with Crippen molar-refractivity contribution in [1.29, 1.82) is 0 Å². The summed E-state index contributed by atoms with van der Waals surface area (Å²) >= 11 is 0. The smallest absolute Gasteiger partial charge is 0.331 e. The van der Waals surface area contributed by atoms with Crippen LogP contribution in [0.2, 0.25) is 0 Å². The van der Waals surface area contributed by atoms with Gasteiger partial charge in [-0.3, -0.25) is 4.79 Å². The number of allylic oxidation sites excluding steroid dienone is 2. The number of hydrogen-bond acceptors (Lipinski definition) is 4. The largest absolute Gasteiger partial charge is 0.341 e. The van der Waals surface area contributed by atoms with Gasteiger partial charge in [0.25, 0.3) is 0 Å². The summed E-state index contributed by atoms with van der Waals surface area (Å²) in [6.45, 7) is 8.20. The number of ketones is 1. The van der Waals surface area contributed by atoms with Gasteiger partial charge in [-0.05, 0) is 69.5 Å². The fourth-order valence-electron chi connectivity index (χ4n) is 4.50. The van der Waals surface area contributed by atoms with Gasteiger partial charge in [-0.25, -0.2) is 4.79 Å². The standard InChI is InChI=1S/C30H30N2O3/c1-5-7-8-13-27(31-35-21(4)33)22-14-16-28-25(18-22)26-19-23(15-17-29(26)32(28)6-2)30(34)24-12-10-9-11-20(24)3/h5,7,9-12,14-19H,6,8,13H2,1-4H3. The molecular weight excluding hydrogens is 436 g/mol. The Morgan fingerprint density at radius 3 is 2.26 bits per heavy atom. The zero-order valence-corrected chi connectivity index (χ0v) is 20.7. The van der Waals surface area contributed by atoms with E-state index >= 15 is 0 Å². The van der Waals surface area contributed by atoms with Crippen molar-refractivity contribution in [2.45, 2.75) is 47.1 Å². The minimum Gasteiger partial charge on any atom is -0.341 e. The first-order valence-corrected chi connectivity index (χ1v) is 12.0. The van der Waals surface area contributed by atoms with Crippen molar-refractivity contribution in [3.63, 3.8) is 0 Å². The Bertz CT molecular complexity index is 1470. The van der Waals surface area contributed by atoms with Gasteiger partial charge in [-0.2, -0.15) is 0 Å². The second-order valence-electron chi connectivity index (χ2n) is 8.58. The highest BCUT2D eigenvalue weighted by Crippen LogP contribution is 2.32. The van der Waals surface area contributed by atoms with Gasteiger partial charge in [0.15, 0.2) is 5.78 Å². The first-order valence-electron chi connectivity index (χ1n) is 12.0. The molecule has 1 heterocycles. The molecule has 4 rings (SSSR count). The van der Waals surface area contributed by atoms with Crippen LogP contribution in [0.1, 0.15) is 60.7 Å². The third kappa shape index (κ3) is 4.94. The highest BCUT2D eigenvalue weighted by Gasteiger charge is 2.17. The van der Waals surface area contributed by atoms with Crippen LogP contribution in [0, 0.1) is 6.92 Å². The van der Waals surface area contributed by atoms with Crippen molar-refractivity contribution in [2.75, 3.05) is 0 Å². The molecule has 0 aliphatic heterocycles. The number of benzene rings is 3. The van der Waals surface area contributed by atoms with Crippen molar-refractivity contribution in [3.8, 4) is 0 Å². The molecular formula is C30H30N2O3. The maximum absolute atomic E-state index is 13.3. The van der Waals surface area contributed by atoms with Crippen LogP contribution in [0.3, 0.4) is 0 Å². The van der Waals surface area contributed by atoms with Crippen molar-refractivity contribution in [1.82, 2.24) is 4.57 Å². The summed E-state index contributed by atoms with van der Waals surface area (Å²) in [4.78, 5) is 29.7. The molecule has 0 spiro atoms. The van der Waals surface area contributed by atoms with Crippen LogP contribution >= 0.6 is 0 Å². The minimum atomic E-state index is -0.448. The molecule has 3 aromatic carbocycles. The molecule has 5 heteroatoms. The second kappa shape index (κ2) is 10.5. The van der Waals surface area contributed by atoms with Gasteiger partial charge in [-0.15, -0.1) is 0 Å². The number of hydrogen-bond donors (Lipinski definition) is 0. The summed E-state index contributed by atoms with van der Waals surface area (Å²) in [5.74, 6) is -0.432. The Balaban J connectivity index is 1.86. The van der Waals surface area contributed by atoms with Gasteiger partial charge in [0.1, 0.15) is 0 Å². The number of carbonyl (C=O) groups excluding carboxylic acids is 2. The quantitative estimate of drug-likeness (QED) is 0.0925. The molecule has 0 unspecified atom stereocenters. The lowest BCUT2D eigenvalue weighted by Crippen LogP contribution is -2.04. The topological polar surface area (TPSA) is 60.7 Å². The lowest BCUT2D eigenvalue weighted by atomic mass is 9.97. The first kappa shape index (κ1) is 24.1. The van der Waals surface area contributed by atoms with E-state index in [1.165, 1.54) is 6.92 Å². The summed E-state index contributed by atoms with van der Waals surface area (Å²) < 4.78 is 2.25.